The van der Waals surface area contributed by atoms with E-state index in [9.17, 15) is 9.18 Å². The molecule has 2 heterocycles. The van der Waals surface area contributed by atoms with E-state index in [-0.39, 0.29) is 11.9 Å². The first-order chi connectivity index (χ1) is 10.0. The summed E-state index contributed by atoms with van der Waals surface area (Å²) in [5.41, 5.74) is 7.04. The first-order valence-electron chi connectivity index (χ1n) is 6.98. The molecule has 3 rings (SSSR count). The fourth-order valence-corrected chi connectivity index (χ4v) is 2.78. The van der Waals surface area contributed by atoms with Gasteiger partial charge in [0.05, 0.1) is 0 Å². The number of carboxylic acid groups (broad SMARTS) is 1. The summed E-state index contributed by atoms with van der Waals surface area (Å²) in [5.74, 6) is 0.241. The monoisotopic (exact) mass is 295 g/mol. The van der Waals surface area contributed by atoms with Gasteiger partial charge in [0.1, 0.15) is 18.2 Å². The fraction of sp³-hybridized carbons (Fsp3) is 0.500. The smallest absolute Gasteiger partial charge is 0.407 e. The number of amides is 1. The van der Waals surface area contributed by atoms with Crippen LogP contribution in [-0.4, -0.2) is 54.9 Å². The minimum absolute atomic E-state index is 0.169. The third kappa shape index (κ3) is 2.73. The van der Waals surface area contributed by atoms with Crippen molar-refractivity contribution in [1.29, 1.82) is 0 Å². The van der Waals surface area contributed by atoms with Crippen LogP contribution < -0.4 is 15.4 Å². The molecule has 1 amide bonds. The van der Waals surface area contributed by atoms with Crippen LogP contribution in [0.4, 0.5) is 14.9 Å². The van der Waals surface area contributed by atoms with Crippen LogP contribution in [0.1, 0.15) is 5.56 Å². The van der Waals surface area contributed by atoms with E-state index in [1.165, 1.54) is 11.0 Å². The summed E-state index contributed by atoms with van der Waals surface area (Å²) in [6.45, 7) is 2.32. The summed E-state index contributed by atoms with van der Waals surface area (Å²) >= 11 is 0. The SMILES string of the molecule is NC1COc2cc(N3CCN(C(=O)O)CC3)cc(F)c2C1. The molecule has 1 saturated heterocycles. The average Bonchev–Trinajstić information content (AvgIpc) is 2.48. The predicted octanol–water partition coefficient (Wildman–Crippen LogP) is 0.888. The van der Waals surface area contributed by atoms with Crippen LogP contribution in [0, 0.1) is 5.82 Å². The van der Waals surface area contributed by atoms with Crippen molar-refractivity contribution < 1.29 is 19.0 Å². The molecule has 0 bridgehead atoms. The molecule has 0 aliphatic carbocycles. The Labute approximate surface area is 121 Å². The molecule has 0 radical (unpaired) electrons. The van der Waals surface area contributed by atoms with Gasteiger partial charge in [0, 0.05) is 49.5 Å². The van der Waals surface area contributed by atoms with Crippen LogP contribution in [0.3, 0.4) is 0 Å². The van der Waals surface area contributed by atoms with Gasteiger partial charge in [-0.1, -0.05) is 0 Å². The lowest BCUT2D eigenvalue weighted by Gasteiger charge is -2.35. The maximum absolute atomic E-state index is 14.2. The summed E-state index contributed by atoms with van der Waals surface area (Å²) in [6.07, 6.45) is -0.433. The van der Waals surface area contributed by atoms with Gasteiger partial charge in [-0.3, -0.25) is 0 Å². The first kappa shape index (κ1) is 13.9. The minimum Gasteiger partial charge on any atom is -0.491 e. The number of hydrogen-bond donors (Lipinski definition) is 2. The van der Waals surface area contributed by atoms with Gasteiger partial charge in [-0.2, -0.15) is 0 Å². The second-order valence-corrected chi connectivity index (χ2v) is 5.44. The highest BCUT2D eigenvalue weighted by Crippen LogP contribution is 2.32. The number of fused-ring (bicyclic) bond motifs is 1. The molecule has 2 aliphatic heterocycles. The van der Waals surface area contributed by atoms with E-state index in [1.54, 1.807) is 0 Å². The molecule has 6 nitrogen and oxygen atoms in total. The Kier molecular flexibility index (Phi) is 3.59. The molecular formula is C14H18FN3O3. The van der Waals surface area contributed by atoms with Gasteiger partial charge in [0.2, 0.25) is 0 Å². The van der Waals surface area contributed by atoms with Crippen molar-refractivity contribution in [3.63, 3.8) is 0 Å². The molecule has 0 aromatic heterocycles. The van der Waals surface area contributed by atoms with Crippen molar-refractivity contribution in [3.05, 3.63) is 23.5 Å². The van der Waals surface area contributed by atoms with Gasteiger partial charge in [0.25, 0.3) is 0 Å². The summed E-state index contributed by atoms with van der Waals surface area (Å²) in [7, 11) is 0. The molecule has 0 spiro atoms. The summed E-state index contributed by atoms with van der Waals surface area (Å²) < 4.78 is 19.7. The molecule has 3 N–H and O–H groups in total. The zero-order valence-electron chi connectivity index (χ0n) is 11.6. The molecule has 7 heteroatoms. The van der Waals surface area contributed by atoms with Crippen molar-refractivity contribution in [2.24, 2.45) is 5.73 Å². The number of benzene rings is 1. The number of rotatable bonds is 1. The normalized spacial score (nSPS) is 21.7. The second-order valence-electron chi connectivity index (χ2n) is 5.44. The number of nitrogens with zero attached hydrogens (tertiary/aromatic N) is 2. The quantitative estimate of drug-likeness (QED) is 0.804. The Hall–Kier alpha value is -2.02. The molecule has 21 heavy (non-hydrogen) atoms. The zero-order chi connectivity index (χ0) is 15.0. The second kappa shape index (κ2) is 5.40. The van der Waals surface area contributed by atoms with Crippen molar-refractivity contribution in [2.45, 2.75) is 12.5 Å². The zero-order valence-corrected chi connectivity index (χ0v) is 11.6. The van der Waals surface area contributed by atoms with Crippen LogP contribution >= 0.6 is 0 Å². The topological polar surface area (TPSA) is 79.0 Å². The molecular weight excluding hydrogens is 277 g/mol. The van der Waals surface area contributed by atoms with Crippen LogP contribution in [-0.2, 0) is 6.42 Å². The lowest BCUT2D eigenvalue weighted by atomic mass is 10.0. The lowest BCUT2D eigenvalue weighted by molar-refractivity contribution is 0.142. The number of piperazine rings is 1. The van der Waals surface area contributed by atoms with E-state index in [0.717, 1.165) is 5.69 Å². The lowest BCUT2D eigenvalue weighted by Crippen LogP contribution is -2.48. The van der Waals surface area contributed by atoms with Crippen LogP contribution in [0.25, 0.3) is 0 Å². The Morgan fingerprint density at radius 1 is 1.33 bits per heavy atom. The summed E-state index contributed by atoms with van der Waals surface area (Å²) in [5, 5.41) is 8.94. The van der Waals surface area contributed by atoms with Gasteiger partial charge < -0.3 is 25.4 Å². The number of halogens is 1. The maximum atomic E-state index is 14.2. The van der Waals surface area contributed by atoms with Crippen LogP contribution in [0.2, 0.25) is 0 Å². The van der Waals surface area contributed by atoms with Gasteiger partial charge in [0.15, 0.2) is 0 Å². The Morgan fingerprint density at radius 2 is 2.05 bits per heavy atom. The number of carbonyl (C=O) groups is 1. The van der Waals surface area contributed by atoms with Crippen molar-refractivity contribution in [3.8, 4) is 5.75 Å². The highest BCUT2D eigenvalue weighted by Gasteiger charge is 2.25. The molecule has 1 unspecified atom stereocenters. The predicted molar refractivity (Wildman–Crippen MR) is 75.4 cm³/mol. The number of anilines is 1. The number of nitrogens with two attached hydrogens (primary N) is 1. The van der Waals surface area contributed by atoms with Crippen molar-refractivity contribution in [1.82, 2.24) is 4.90 Å². The molecule has 2 aliphatic rings. The standard InChI is InChI=1S/C14H18FN3O3/c15-12-6-10(7-13-11(12)5-9(16)8-21-13)17-1-3-18(4-2-17)14(19)20/h6-7,9H,1-5,8,16H2,(H,19,20). The molecule has 0 saturated carbocycles. The van der Waals surface area contributed by atoms with Crippen molar-refractivity contribution >= 4 is 11.8 Å². The first-order valence-corrected chi connectivity index (χ1v) is 6.98. The molecule has 1 aromatic carbocycles. The van der Waals surface area contributed by atoms with Gasteiger partial charge >= 0.3 is 6.09 Å². The van der Waals surface area contributed by atoms with Gasteiger partial charge in [-0.15, -0.1) is 0 Å². The fourth-order valence-electron chi connectivity index (χ4n) is 2.78. The van der Waals surface area contributed by atoms with E-state index < -0.39 is 6.09 Å². The largest absolute Gasteiger partial charge is 0.491 e. The Balaban J connectivity index is 1.78. The van der Waals surface area contributed by atoms with E-state index in [0.29, 0.717) is 50.5 Å². The highest BCUT2D eigenvalue weighted by atomic mass is 19.1. The third-order valence-corrected chi connectivity index (χ3v) is 3.97. The van der Waals surface area contributed by atoms with Crippen molar-refractivity contribution in [2.75, 3.05) is 37.7 Å². The minimum atomic E-state index is -0.913. The van der Waals surface area contributed by atoms with Gasteiger partial charge in [-0.05, 0) is 12.5 Å². The van der Waals surface area contributed by atoms with Gasteiger partial charge in [-0.25, -0.2) is 9.18 Å². The highest BCUT2D eigenvalue weighted by molar-refractivity contribution is 5.65. The number of ether oxygens (including phenoxy) is 1. The summed E-state index contributed by atoms with van der Waals surface area (Å²) in [6, 6.07) is 3.13. The van der Waals surface area contributed by atoms with E-state index in [4.69, 9.17) is 15.6 Å². The molecule has 1 aromatic rings. The van der Waals surface area contributed by atoms with E-state index >= 15 is 0 Å². The summed E-state index contributed by atoms with van der Waals surface area (Å²) in [4.78, 5) is 14.2. The molecule has 1 fully saturated rings. The van der Waals surface area contributed by atoms with E-state index in [2.05, 4.69) is 0 Å². The Bertz CT molecular complexity index is 559. The van der Waals surface area contributed by atoms with Crippen LogP contribution in [0.15, 0.2) is 12.1 Å². The van der Waals surface area contributed by atoms with Crippen LogP contribution in [0.5, 0.6) is 5.75 Å². The van der Waals surface area contributed by atoms with E-state index in [1.807, 2.05) is 11.0 Å². The Morgan fingerprint density at radius 3 is 2.71 bits per heavy atom. The third-order valence-electron chi connectivity index (χ3n) is 3.97. The average molecular weight is 295 g/mol. The number of hydrogen-bond acceptors (Lipinski definition) is 4. The maximum Gasteiger partial charge on any atom is 0.407 e. The molecule has 1 atom stereocenters. The molecule has 114 valence electrons.